The molecule has 0 saturated heterocycles. The molecule has 1 aliphatic heterocycles. The first kappa shape index (κ1) is 27.1. The molecule has 1 aliphatic rings. The highest BCUT2D eigenvalue weighted by Gasteiger charge is 2.39. The maximum absolute atomic E-state index is 13.5. The van der Waals surface area contributed by atoms with E-state index in [2.05, 4.69) is 32.7 Å². The van der Waals surface area contributed by atoms with Gasteiger partial charge in [-0.1, -0.05) is 39.0 Å². The van der Waals surface area contributed by atoms with Gasteiger partial charge in [0.1, 0.15) is 12.4 Å². The van der Waals surface area contributed by atoms with Gasteiger partial charge in [0.05, 0.1) is 33.0 Å². The van der Waals surface area contributed by atoms with E-state index in [4.69, 9.17) is 14.2 Å². The number of nitrogens with one attached hydrogen (secondary N) is 1. The van der Waals surface area contributed by atoms with E-state index in [-0.39, 0.29) is 30.0 Å². The van der Waals surface area contributed by atoms with Gasteiger partial charge in [-0.05, 0) is 41.7 Å². The van der Waals surface area contributed by atoms with Gasteiger partial charge in [0.2, 0.25) is 0 Å². The maximum Gasteiger partial charge on any atom is 0.270 e. The second-order valence-electron chi connectivity index (χ2n) is 9.38. The van der Waals surface area contributed by atoms with Crippen molar-refractivity contribution in [1.29, 1.82) is 0 Å². The third kappa shape index (κ3) is 5.36. The summed E-state index contributed by atoms with van der Waals surface area (Å²) in [6, 6.07) is 11.0. The molecule has 194 valence electrons. The Morgan fingerprint density at radius 1 is 1.08 bits per heavy atom. The molecule has 2 aromatic rings. The lowest BCUT2D eigenvalue weighted by atomic mass is 9.87. The number of hydrogen-bond acceptors (Lipinski definition) is 6. The Bertz CT molecular complexity index is 1270. The van der Waals surface area contributed by atoms with Crippen LogP contribution < -0.4 is 23.8 Å². The molecular weight excluding hydrogens is 480 g/mol. The van der Waals surface area contributed by atoms with Gasteiger partial charge in [0.15, 0.2) is 16.4 Å². The Morgan fingerprint density at radius 2 is 1.69 bits per heavy atom. The molecule has 36 heavy (non-hydrogen) atoms. The van der Waals surface area contributed by atoms with Crippen LogP contribution in [0, 0.1) is 0 Å². The number of hydrogen-bond donors (Lipinski definition) is 1. The minimum Gasteiger partial charge on any atom is -0.493 e. The Labute approximate surface area is 213 Å². The smallest absolute Gasteiger partial charge is 0.270 e. The van der Waals surface area contributed by atoms with Gasteiger partial charge in [-0.25, -0.2) is 8.42 Å². The lowest BCUT2D eigenvalue weighted by Gasteiger charge is -2.32. The zero-order valence-electron chi connectivity index (χ0n) is 21.7. The number of anilines is 1. The molecule has 1 heterocycles. The number of amides is 1. The van der Waals surface area contributed by atoms with E-state index in [1.807, 2.05) is 24.3 Å². The molecule has 0 unspecified atom stereocenters. The molecule has 2 aromatic carbocycles. The largest absolute Gasteiger partial charge is 0.493 e. The normalized spacial score (nSPS) is 14.7. The fourth-order valence-corrected chi connectivity index (χ4v) is 5.73. The molecule has 0 spiro atoms. The van der Waals surface area contributed by atoms with E-state index >= 15 is 0 Å². The number of methoxy groups -OCH3 is 2. The minimum atomic E-state index is -4.15. The maximum atomic E-state index is 13.5. The van der Waals surface area contributed by atoms with Crippen LogP contribution in [0.5, 0.6) is 17.2 Å². The van der Waals surface area contributed by atoms with Crippen LogP contribution in [0.1, 0.15) is 38.8 Å². The highest BCUT2D eigenvalue weighted by molar-refractivity contribution is 7.97. The van der Waals surface area contributed by atoms with E-state index in [9.17, 15) is 13.2 Å². The number of sulfonamides is 1. The fraction of sp³-hybridized carbons (Fsp3) is 0.370. The van der Waals surface area contributed by atoms with E-state index in [1.54, 1.807) is 19.1 Å². The molecule has 0 aromatic heterocycles. The van der Waals surface area contributed by atoms with Crippen molar-refractivity contribution < 1.29 is 27.4 Å². The highest BCUT2D eigenvalue weighted by Crippen LogP contribution is 2.44. The van der Waals surface area contributed by atoms with E-state index in [1.165, 1.54) is 25.9 Å². The van der Waals surface area contributed by atoms with Crippen LogP contribution in [0.15, 0.2) is 54.0 Å². The van der Waals surface area contributed by atoms with Gasteiger partial charge in [0, 0.05) is 11.6 Å². The minimum absolute atomic E-state index is 0.0114. The molecule has 0 aliphatic carbocycles. The summed E-state index contributed by atoms with van der Waals surface area (Å²) in [6.07, 6.45) is 1.47. The average Bonchev–Trinajstić information content (AvgIpc) is 2.83. The van der Waals surface area contributed by atoms with Gasteiger partial charge in [0.25, 0.3) is 15.9 Å². The highest BCUT2D eigenvalue weighted by atomic mass is 32.2. The Morgan fingerprint density at radius 3 is 2.25 bits per heavy atom. The van der Waals surface area contributed by atoms with E-state index in [0.717, 1.165) is 4.31 Å². The topological polar surface area (TPSA) is 94.2 Å². The molecule has 0 radical (unpaired) electrons. The van der Waals surface area contributed by atoms with Gasteiger partial charge >= 0.3 is 0 Å². The summed E-state index contributed by atoms with van der Waals surface area (Å²) in [6.45, 7) is 12.0. The molecule has 1 N–H and O–H groups in total. The number of ether oxygens (including phenoxy) is 3. The molecule has 1 amide bonds. The van der Waals surface area contributed by atoms with Crippen molar-refractivity contribution in [2.24, 2.45) is 0 Å². The molecule has 0 saturated carbocycles. The molecule has 9 heteroatoms. The van der Waals surface area contributed by atoms with Crippen LogP contribution in [0.4, 0.5) is 5.69 Å². The van der Waals surface area contributed by atoms with Gasteiger partial charge < -0.3 is 19.5 Å². The first-order chi connectivity index (χ1) is 16.9. The summed E-state index contributed by atoms with van der Waals surface area (Å²) in [7, 11) is -1.18. The molecule has 0 atom stereocenters. The van der Waals surface area contributed by atoms with Gasteiger partial charge in [-0.15, -0.1) is 6.58 Å². The Balaban J connectivity index is 1.82. The number of fused-ring (bicyclic) bond motifs is 1. The van der Waals surface area contributed by atoms with E-state index in [0.29, 0.717) is 34.1 Å². The van der Waals surface area contributed by atoms with Crippen LogP contribution >= 0.6 is 0 Å². The van der Waals surface area contributed by atoms with Crippen molar-refractivity contribution in [2.45, 2.75) is 33.1 Å². The third-order valence-corrected chi connectivity index (χ3v) is 7.87. The van der Waals surface area contributed by atoms with Crippen molar-refractivity contribution in [3.63, 3.8) is 0 Å². The number of allylic oxidation sites excluding steroid dienone is 1. The predicted octanol–water partition coefficient (Wildman–Crippen LogP) is 4.26. The number of carbonyl (C=O) groups is 1. The second kappa shape index (κ2) is 10.7. The van der Waals surface area contributed by atoms with Crippen molar-refractivity contribution >= 4 is 27.2 Å². The fourth-order valence-electron chi connectivity index (χ4n) is 4.00. The SMILES string of the molecule is C=CCN1c2cc(OC)c(OC)cc2C(C)=C(C(=O)NCCOc2ccc(C(C)(C)C)cc2)S1(=O)=O. The molecule has 8 nitrogen and oxygen atoms in total. The molecule has 0 fully saturated rings. The molecular formula is C27H34N2O6S. The first-order valence-corrected chi connectivity index (χ1v) is 13.0. The zero-order valence-corrected chi connectivity index (χ0v) is 22.5. The Kier molecular flexibility index (Phi) is 8.03. The summed E-state index contributed by atoms with van der Waals surface area (Å²) in [5.74, 6) is 0.784. The summed E-state index contributed by atoms with van der Waals surface area (Å²) in [5, 5.41) is 2.68. The number of benzene rings is 2. The monoisotopic (exact) mass is 514 g/mol. The zero-order chi connectivity index (χ0) is 26.7. The second-order valence-corrected chi connectivity index (χ2v) is 11.2. The standard InChI is InChI=1S/C27H34N2O6S/c1-8-14-29-22-17-24(34-7)23(33-6)16-21(22)18(2)25(36(29,31)32)26(30)28-13-15-35-20-11-9-19(10-12-20)27(3,4)5/h8-12,16-17H,1,13-15H2,2-7H3,(H,28,30). The van der Waals surface area contributed by atoms with Gasteiger partial charge in [-0.3, -0.25) is 9.10 Å². The summed E-state index contributed by atoms with van der Waals surface area (Å²) < 4.78 is 44.6. The van der Waals surface area contributed by atoms with Crippen molar-refractivity contribution in [3.8, 4) is 17.2 Å². The molecule has 3 rings (SSSR count). The summed E-state index contributed by atoms with van der Waals surface area (Å²) in [5.41, 5.74) is 2.50. The van der Waals surface area contributed by atoms with Crippen LogP contribution in [0.2, 0.25) is 0 Å². The summed E-state index contributed by atoms with van der Waals surface area (Å²) >= 11 is 0. The molecule has 0 bridgehead atoms. The first-order valence-electron chi connectivity index (χ1n) is 11.6. The third-order valence-electron chi connectivity index (χ3n) is 5.94. The van der Waals surface area contributed by atoms with Crippen LogP contribution in [0.25, 0.3) is 5.57 Å². The van der Waals surface area contributed by atoms with Crippen molar-refractivity contribution in [2.75, 3.05) is 38.2 Å². The van der Waals surface area contributed by atoms with Crippen molar-refractivity contribution in [1.82, 2.24) is 5.32 Å². The lowest BCUT2D eigenvalue weighted by Crippen LogP contribution is -2.42. The van der Waals surface area contributed by atoms with Crippen LogP contribution in [-0.4, -0.2) is 48.2 Å². The lowest BCUT2D eigenvalue weighted by molar-refractivity contribution is -0.116. The number of rotatable bonds is 9. The number of carbonyl (C=O) groups excluding carboxylic acids is 1. The van der Waals surface area contributed by atoms with Crippen LogP contribution in [-0.2, 0) is 20.2 Å². The van der Waals surface area contributed by atoms with Crippen molar-refractivity contribution in [3.05, 3.63) is 65.1 Å². The predicted molar refractivity (Wildman–Crippen MR) is 142 cm³/mol. The average molecular weight is 515 g/mol. The summed E-state index contributed by atoms with van der Waals surface area (Å²) in [4.78, 5) is 12.8. The van der Waals surface area contributed by atoms with E-state index < -0.39 is 15.9 Å². The van der Waals surface area contributed by atoms with Gasteiger partial charge in [-0.2, -0.15) is 0 Å². The number of nitrogens with zero attached hydrogens (tertiary/aromatic N) is 1. The Hall–Kier alpha value is -3.46. The quantitative estimate of drug-likeness (QED) is 0.397. The van der Waals surface area contributed by atoms with Crippen LogP contribution in [0.3, 0.4) is 0 Å².